The van der Waals surface area contributed by atoms with Gasteiger partial charge >= 0.3 is 0 Å². The summed E-state index contributed by atoms with van der Waals surface area (Å²) in [6, 6.07) is 21.2. The first kappa shape index (κ1) is 15.3. The van der Waals surface area contributed by atoms with Crippen molar-refractivity contribution in [3.05, 3.63) is 72.3 Å². The van der Waals surface area contributed by atoms with E-state index < -0.39 is 0 Å². The van der Waals surface area contributed by atoms with Gasteiger partial charge < -0.3 is 14.5 Å². The average Bonchev–Trinajstić information content (AvgIpc) is 2.99. The number of carbonyl (C=O) groups excluding carboxylic acids is 1. The van der Waals surface area contributed by atoms with E-state index in [2.05, 4.69) is 5.32 Å². The maximum atomic E-state index is 12.4. The second kappa shape index (κ2) is 6.32. The van der Waals surface area contributed by atoms with Gasteiger partial charge in [-0.2, -0.15) is 0 Å². The number of fused-ring (bicyclic) bond motifs is 3. The number of furan rings is 1. The summed E-state index contributed by atoms with van der Waals surface area (Å²) in [6.45, 7) is 0. The monoisotopic (exact) mass is 331 g/mol. The van der Waals surface area contributed by atoms with E-state index in [9.17, 15) is 4.79 Å². The van der Waals surface area contributed by atoms with E-state index in [0.717, 1.165) is 27.5 Å². The minimum absolute atomic E-state index is 0.0973. The Morgan fingerprint density at radius 3 is 2.52 bits per heavy atom. The summed E-state index contributed by atoms with van der Waals surface area (Å²) in [4.78, 5) is 12.4. The molecule has 0 radical (unpaired) electrons. The molecule has 3 aromatic carbocycles. The van der Waals surface area contributed by atoms with Gasteiger partial charge in [-0.05, 0) is 17.7 Å². The molecule has 1 N–H and O–H groups in total. The molecule has 0 atom stereocenters. The molecule has 4 aromatic rings. The predicted octanol–water partition coefficient (Wildman–Crippen LogP) is 4.78. The van der Waals surface area contributed by atoms with Gasteiger partial charge in [-0.1, -0.05) is 48.5 Å². The zero-order chi connectivity index (χ0) is 17.2. The number of hydrogen-bond donors (Lipinski definition) is 1. The van der Waals surface area contributed by atoms with Crippen molar-refractivity contribution in [2.45, 2.75) is 6.42 Å². The Morgan fingerprint density at radius 2 is 1.72 bits per heavy atom. The molecule has 4 rings (SSSR count). The molecule has 0 saturated heterocycles. The topological polar surface area (TPSA) is 51.5 Å². The molecule has 0 aliphatic carbocycles. The lowest BCUT2D eigenvalue weighted by Crippen LogP contribution is -2.14. The van der Waals surface area contributed by atoms with Crippen molar-refractivity contribution in [3.8, 4) is 5.75 Å². The van der Waals surface area contributed by atoms with Gasteiger partial charge in [0.25, 0.3) is 0 Å². The maximum Gasteiger partial charge on any atom is 0.228 e. The van der Waals surface area contributed by atoms with Crippen LogP contribution in [0.1, 0.15) is 5.56 Å². The molecule has 1 heterocycles. The van der Waals surface area contributed by atoms with Crippen LogP contribution in [0, 0.1) is 0 Å². The molecule has 124 valence electrons. The molecule has 0 bridgehead atoms. The number of rotatable bonds is 4. The van der Waals surface area contributed by atoms with Crippen molar-refractivity contribution in [3.63, 3.8) is 0 Å². The molecular formula is C21H17NO3. The fourth-order valence-corrected chi connectivity index (χ4v) is 2.99. The lowest BCUT2D eigenvalue weighted by Gasteiger charge is -2.10. The minimum atomic E-state index is -0.0973. The molecule has 0 spiro atoms. The minimum Gasteiger partial charge on any atom is -0.495 e. The average molecular weight is 331 g/mol. The maximum absolute atomic E-state index is 12.4. The van der Waals surface area contributed by atoms with E-state index in [-0.39, 0.29) is 5.91 Å². The lowest BCUT2D eigenvalue weighted by atomic mass is 10.1. The van der Waals surface area contributed by atoms with Crippen LogP contribution < -0.4 is 10.1 Å². The zero-order valence-corrected chi connectivity index (χ0v) is 13.8. The van der Waals surface area contributed by atoms with Gasteiger partial charge in [0.1, 0.15) is 16.9 Å². The summed E-state index contributed by atoms with van der Waals surface area (Å²) in [5, 5.41) is 4.91. The molecule has 25 heavy (non-hydrogen) atoms. The van der Waals surface area contributed by atoms with E-state index in [1.54, 1.807) is 7.11 Å². The summed E-state index contributed by atoms with van der Waals surface area (Å²) in [7, 11) is 1.59. The van der Waals surface area contributed by atoms with Crippen LogP contribution in [-0.2, 0) is 11.2 Å². The van der Waals surface area contributed by atoms with E-state index >= 15 is 0 Å². The second-order valence-corrected chi connectivity index (χ2v) is 5.86. The van der Waals surface area contributed by atoms with Crippen LogP contribution in [0.15, 0.2) is 71.1 Å². The van der Waals surface area contributed by atoms with E-state index in [1.807, 2.05) is 66.7 Å². The number of anilines is 1. The first-order valence-electron chi connectivity index (χ1n) is 8.07. The van der Waals surface area contributed by atoms with Crippen molar-refractivity contribution in [2.75, 3.05) is 12.4 Å². The largest absolute Gasteiger partial charge is 0.495 e. The van der Waals surface area contributed by atoms with Gasteiger partial charge in [-0.3, -0.25) is 4.79 Å². The van der Waals surface area contributed by atoms with Crippen LogP contribution in [0.4, 0.5) is 5.69 Å². The van der Waals surface area contributed by atoms with Gasteiger partial charge in [0.2, 0.25) is 5.91 Å². The summed E-state index contributed by atoms with van der Waals surface area (Å²) in [5.41, 5.74) is 3.10. The highest BCUT2D eigenvalue weighted by Gasteiger charge is 2.14. The SMILES string of the molecule is COc1cc2c(cc1NC(=O)Cc1ccccc1)oc1ccccc12. The molecule has 0 saturated carbocycles. The van der Waals surface area contributed by atoms with Gasteiger partial charge in [-0.25, -0.2) is 0 Å². The fraction of sp³-hybridized carbons (Fsp3) is 0.0952. The number of ether oxygens (including phenoxy) is 1. The molecule has 0 unspecified atom stereocenters. The quantitative estimate of drug-likeness (QED) is 0.586. The first-order chi connectivity index (χ1) is 12.2. The number of benzene rings is 3. The second-order valence-electron chi connectivity index (χ2n) is 5.86. The third kappa shape index (κ3) is 2.94. The Labute approximate surface area is 145 Å². The highest BCUT2D eigenvalue weighted by atomic mass is 16.5. The Bertz CT molecular complexity index is 1050. The van der Waals surface area contributed by atoms with Crippen molar-refractivity contribution >= 4 is 33.5 Å². The molecule has 4 nitrogen and oxygen atoms in total. The third-order valence-electron chi connectivity index (χ3n) is 4.18. The summed E-state index contributed by atoms with van der Waals surface area (Å²) >= 11 is 0. The number of methoxy groups -OCH3 is 1. The van der Waals surface area contributed by atoms with Crippen molar-refractivity contribution in [1.82, 2.24) is 0 Å². The van der Waals surface area contributed by atoms with Gasteiger partial charge in [0.05, 0.1) is 19.2 Å². The van der Waals surface area contributed by atoms with E-state index in [0.29, 0.717) is 17.9 Å². The normalized spacial score (nSPS) is 10.9. The van der Waals surface area contributed by atoms with E-state index in [4.69, 9.17) is 9.15 Å². The molecule has 0 aliphatic rings. The zero-order valence-electron chi connectivity index (χ0n) is 13.8. The van der Waals surface area contributed by atoms with E-state index in [1.165, 1.54) is 0 Å². The summed E-state index contributed by atoms with van der Waals surface area (Å²) in [5.74, 6) is 0.514. The van der Waals surface area contributed by atoms with Crippen LogP contribution in [0.3, 0.4) is 0 Å². The standard InChI is InChI=1S/C21H17NO3/c1-24-20-12-16-15-9-5-6-10-18(15)25-19(16)13-17(20)22-21(23)11-14-7-3-2-4-8-14/h2-10,12-13H,11H2,1H3,(H,22,23). The number of carbonyl (C=O) groups is 1. The number of hydrogen-bond acceptors (Lipinski definition) is 3. The van der Waals surface area contributed by atoms with Gasteiger partial charge in [-0.15, -0.1) is 0 Å². The number of nitrogens with one attached hydrogen (secondary N) is 1. The fourth-order valence-electron chi connectivity index (χ4n) is 2.99. The van der Waals surface area contributed by atoms with Crippen LogP contribution in [0.5, 0.6) is 5.75 Å². The highest BCUT2D eigenvalue weighted by molar-refractivity contribution is 6.07. The van der Waals surface area contributed by atoms with Crippen LogP contribution >= 0.6 is 0 Å². The summed E-state index contributed by atoms with van der Waals surface area (Å²) < 4.78 is 11.4. The van der Waals surface area contributed by atoms with Crippen molar-refractivity contribution in [2.24, 2.45) is 0 Å². The third-order valence-corrected chi connectivity index (χ3v) is 4.18. The van der Waals surface area contributed by atoms with Crippen molar-refractivity contribution in [1.29, 1.82) is 0 Å². The smallest absolute Gasteiger partial charge is 0.228 e. The Morgan fingerprint density at radius 1 is 0.960 bits per heavy atom. The highest BCUT2D eigenvalue weighted by Crippen LogP contribution is 2.36. The first-order valence-corrected chi connectivity index (χ1v) is 8.07. The van der Waals surface area contributed by atoms with Crippen LogP contribution in [-0.4, -0.2) is 13.0 Å². The molecule has 1 aromatic heterocycles. The van der Waals surface area contributed by atoms with Gasteiger partial charge in [0.15, 0.2) is 0 Å². The Hall–Kier alpha value is -3.27. The lowest BCUT2D eigenvalue weighted by molar-refractivity contribution is -0.115. The predicted molar refractivity (Wildman–Crippen MR) is 99.0 cm³/mol. The molecule has 4 heteroatoms. The Kier molecular flexibility index (Phi) is 3.86. The Balaban J connectivity index is 1.68. The van der Waals surface area contributed by atoms with Crippen molar-refractivity contribution < 1.29 is 13.9 Å². The van der Waals surface area contributed by atoms with Crippen LogP contribution in [0.25, 0.3) is 21.9 Å². The van der Waals surface area contributed by atoms with Gasteiger partial charge in [0, 0.05) is 16.8 Å². The number of para-hydroxylation sites is 1. The molecule has 0 aliphatic heterocycles. The van der Waals surface area contributed by atoms with Crippen LogP contribution in [0.2, 0.25) is 0 Å². The molecule has 0 fully saturated rings. The molecule has 1 amide bonds. The summed E-state index contributed by atoms with van der Waals surface area (Å²) in [6.07, 6.45) is 0.308. The molecular weight excluding hydrogens is 314 g/mol. The number of amides is 1.